The zero-order valence-electron chi connectivity index (χ0n) is 11.0. The lowest BCUT2D eigenvalue weighted by Crippen LogP contribution is -2.38. The summed E-state index contributed by atoms with van der Waals surface area (Å²) in [5, 5.41) is 6.52. The first-order valence-corrected chi connectivity index (χ1v) is 7.26. The van der Waals surface area contributed by atoms with Crippen LogP contribution in [-0.2, 0) is 4.79 Å². The van der Waals surface area contributed by atoms with Gasteiger partial charge in [0.1, 0.15) is 0 Å². The van der Waals surface area contributed by atoms with Crippen molar-refractivity contribution in [2.45, 2.75) is 57.9 Å². The lowest BCUT2D eigenvalue weighted by Gasteiger charge is -2.20. The summed E-state index contributed by atoms with van der Waals surface area (Å²) < 4.78 is 0. The van der Waals surface area contributed by atoms with E-state index in [0.717, 1.165) is 31.8 Å². The molecule has 2 fully saturated rings. The highest BCUT2D eigenvalue weighted by Crippen LogP contribution is 2.28. The van der Waals surface area contributed by atoms with Gasteiger partial charge in [-0.25, -0.2) is 0 Å². The highest BCUT2D eigenvalue weighted by Gasteiger charge is 2.23. The molecule has 3 nitrogen and oxygen atoms in total. The van der Waals surface area contributed by atoms with Crippen LogP contribution in [0.3, 0.4) is 0 Å². The molecule has 1 aliphatic heterocycles. The van der Waals surface area contributed by atoms with E-state index in [2.05, 4.69) is 17.6 Å². The number of nitrogens with one attached hydrogen (secondary N) is 2. The molecule has 2 atom stereocenters. The fourth-order valence-electron chi connectivity index (χ4n) is 3.18. The first kappa shape index (κ1) is 12.9. The van der Waals surface area contributed by atoms with Crippen LogP contribution in [0.1, 0.15) is 51.9 Å². The lowest BCUT2D eigenvalue weighted by atomic mass is 9.99. The molecule has 1 saturated carbocycles. The number of hydrogen-bond donors (Lipinski definition) is 2. The van der Waals surface area contributed by atoms with Crippen LogP contribution in [0.4, 0.5) is 0 Å². The minimum Gasteiger partial charge on any atom is -0.353 e. The Bertz CT molecular complexity index is 243. The number of carbonyl (C=O) groups excluding carboxylic acids is 1. The summed E-state index contributed by atoms with van der Waals surface area (Å²) in [5.41, 5.74) is 0. The van der Waals surface area contributed by atoms with Crippen LogP contribution < -0.4 is 10.6 Å². The van der Waals surface area contributed by atoms with Crippen LogP contribution in [0.2, 0.25) is 0 Å². The van der Waals surface area contributed by atoms with E-state index in [9.17, 15) is 4.79 Å². The van der Waals surface area contributed by atoms with E-state index >= 15 is 0 Å². The van der Waals surface area contributed by atoms with Crippen molar-refractivity contribution < 1.29 is 4.79 Å². The van der Waals surface area contributed by atoms with Gasteiger partial charge in [-0.1, -0.05) is 25.7 Å². The number of hydrogen-bond acceptors (Lipinski definition) is 2. The second-order valence-corrected chi connectivity index (χ2v) is 5.80. The second-order valence-electron chi connectivity index (χ2n) is 5.80. The van der Waals surface area contributed by atoms with Crippen molar-refractivity contribution in [1.82, 2.24) is 10.6 Å². The SMILES string of the molecule is CC(NC(=O)CCC1CCCC1)C1CCNC1. The molecule has 1 amide bonds. The average Bonchev–Trinajstić information content (AvgIpc) is 2.99. The second kappa shape index (κ2) is 6.39. The molecule has 2 aliphatic rings. The number of carbonyl (C=O) groups is 1. The van der Waals surface area contributed by atoms with Crippen LogP contribution in [0.5, 0.6) is 0 Å². The predicted molar refractivity (Wildman–Crippen MR) is 69.8 cm³/mol. The zero-order chi connectivity index (χ0) is 12.1. The van der Waals surface area contributed by atoms with Gasteiger partial charge in [-0.15, -0.1) is 0 Å². The molecule has 2 rings (SSSR count). The van der Waals surface area contributed by atoms with Crippen LogP contribution in [-0.4, -0.2) is 25.0 Å². The molecule has 3 heteroatoms. The average molecular weight is 238 g/mol. The highest BCUT2D eigenvalue weighted by atomic mass is 16.1. The third kappa shape index (κ3) is 3.98. The maximum Gasteiger partial charge on any atom is 0.220 e. The van der Waals surface area contributed by atoms with E-state index in [1.165, 1.54) is 32.1 Å². The Balaban J connectivity index is 1.62. The van der Waals surface area contributed by atoms with Gasteiger partial charge >= 0.3 is 0 Å². The monoisotopic (exact) mass is 238 g/mol. The fraction of sp³-hybridized carbons (Fsp3) is 0.929. The molecule has 1 heterocycles. The Morgan fingerprint density at radius 3 is 2.76 bits per heavy atom. The van der Waals surface area contributed by atoms with Crippen molar-refractivity contribution in [3.8, 4) is 0 Å². The number of amides is 1. The van der Waals surface area contributed by atoms with Crippen molar-refractivity contribution in [1.29, 1.82) is 0 Å². The van der Waals surface area contributed by atoms with Crippen molar-refractivity contribution >= 4 is 5.91 Å². The molecule has 2 N–H and O–H groups in total. The summed E-state index contributed by atoms with van der Waals surface area (Å²) in [6.45, 7) is 4.31. The van der Waals surface area contributed by atoms with Crippen LogP contribution in [0.15, 0.2) is 0 Å². The standard InChI is InChI=1S/C14H26N2O/c1-11(13-8-9-15-10-13)16-14(17)7-6-12-4-2-3-5-12/h11-13,15H,2-10H2,1H3,(H,16,17). The maximum absolute atomic E-state index is 11.8. The van der Waals surface area contributed by atoms with Gasteiger partial charge in [0.25, 0.3) is 0 Å². The molecule has 1 saturated heterocycles. The maximum atomic E-state index is 11.8. The minimum absolute atomic E-state index is 0.260. The molecule has 17 heavy (non-hydrogen) atoms. The summed E-state index contributed by atoms with van der Waals surface area (Å²) in [6, 6.07) is 0.334. The molecule has 0 aromatic rings. The van der Waals surface area contributed by atoms with Crippen LogP contribution >= 0.6 is 0 Å². The van der Waals surface area contributed by atoms with Gasteiger partial charge in [-0.05, 0) is 44.7 Å². The Morgan fingerprint density at radius 1 is 1.35 bits per heavy atom. The minimum atomic E-state index is 0.260. The van der Waals surface area contributed by atoms with Crippen molar-refractivity contribution in [3.05, 3.63) is 0 Å². The number of rotatable bonds is 5. The third-order valence-electron chi connectivity index (χ3n) is 4.45. The smallest absolute Gasteiger partial charge is 0.220 e. The van der Waals surface area contributed by atoms with Gasteiger partial charge in [0.05, 0.1) is 0 Å². The zero-order valence-corrected chi connectivity index (χ0v) is 11.0. The molecular weight excluding hydrogens is 212 g/mol. The quantitative estimate of drug-likeness (QED) is 0.770. The van der Waals surface area contributed by atoms with E-state index in [0.29, 0.717) is 12.0 Å². The molecule has 2 unspecified atom stereocenters. The molecular formula is C14H26N2O. The molecule has 1 aliphatic carbocycles. The molecule has 0 aromatic carbocycles. The van der Waals surface area contributed by atoms with Gasteiger partial charge in [0.15, 0.2) is 0 Å². The van der Waals surface area contributed by atoms with Crippen molar-refractivity contribution in [3.63, 3.8) is 0 Å². The van der Waals surface area contributed by atoms with E-state index in [1.54, 1.807) is 0 Å². The summed E-state index contributed by atoms with van der Waals surface area (Å²) in [7, 11) is 0. The molecule has 0 spiro atoms. The lowest BCUT2D eigenvalue weighted by molar-refractivity contribution is -0.122. The Kier molecular flexibility index (Phi) is 4.84. The fourth-order valence-corrected chi connectivity index (χ4v) is 3.18. The van der Waals surface area contributed by atoms with Gasteiger partial charge in [-0.3, -0.25) is 4.79 Å². The Morgan fingerprint density at radius 2 is 2.12 bits per heavy atom. The van der Waals surface area contributed by atoms with Gasteiger partial charge in [0.2, 0.25) is 5.91 Å². The molecule has 0 aromatic heterocycles. The summed E-state index contributed by atoms with van der Waals surface area (Å²) in [6.07, 6.45) is 8.46. The van der Waals surface area contributed by atoms with E-state index in [1.807, 2.05) is 0 Å². The molecule has 0 radical (unpaired) electrons. The first-order chi connectivity index (χ1) is 8.25. The van der Waals surface area contributed by atoms with Crippen molar-refractivity contribution in [2.75, 3.05) is 13.1 Å². The van der Waals surface area contributed by atoms with Gasteiger partial charge < -0.3 is 10.6 Å². The van der Waals surface area contributed by atoms with Crippen molar-refractivity contribution in [2.24, 2.45) is 11.8 Å². The summed E-state index contributed by atoms with van der Waals surface area (Å²) in [5.74, 6) is 1.71. The Hall–Kier alpha value is -0.570. The predicted octanol–water partition coefficient (Wildman–Crippen LogP) is 2.07. The van der Waals surface area contributed by atoms with Gasteiger partial charge in [-0.2, -0.15) is 0 Å². The first-order valence-electron chi connectivity index (χ1n) is 7.26. The van der Waals surface area contributed by atoms with E-state index in [4.69, 9.17) is 0 Å². The third-order valence-corrected chi connectivity index (χ3v) is 4.45. The highest BCUT2D eigenvalue weighted by molar-refractivity contribution is 5.76. The van der Waals surface area contributed by atoms with E-state index < -0.39 is 0 Å². The molecule has 98 valence electrons. The van der Waals surface area contributed by atoms with E-state index in [-0.39, 0.29) is 5.91 Å². The summed E-state index contributed by atoms with van der Waals surface area (Å²) in [4.78, 5) is 11.8. The van der Waals surface area contributed by atoms with Crippen LogP contribution in [0.25, 0.3) is 0 Å². The topological polar surface area (TPSA) is 41.1 Å². The largest absolute Gasteiger partial charge is 0.353 e. The normalized spacial score (nSPS) is 27.2. The summed E-state index contributed by atoms with van der Waals surface area (Å²) >= 11 is 0. The van der Waals surface area contributed by atoms with Gasteiger partial charge in [0, 0.05) is 12.5 Å². The van der Waals surface area contributed by atoms with Crippen LogP contribution in [0, 0.1) is 11.8 Å². The molecule has 0 bridgehead atoms. The Labute approximate surface area is 105 Å².